The number of aromatic nitrogens is 3. The van der Waals surface area contributed by atoms with Crippen molar-refractivity contribution in [3.63, 3.8) is 0 Å². The summed E-state index contributed by atoms with van der Waals surface area (Å²) in [4.78, 5) is 8.83. The Morgan fingerprint density at radius 3 is 2.59 bits per heavy atom. The lowest BCUT2D eigenvalue weighted by Gasteiger charge is -2.20. The third kappa shape index (κ3) is 3.27. The highest BCUT2D eigenvalue weighted by molar-refractivity contribution is 6.43. The quantitative estimate of drug-likeness (QED) is 0.373. The highest BCUT2D eigenvalue weighted by Crippen LogP contribution is 2.17. The van der Waals surface area contributed by atoms with E-state index in [0.29, 0.717) is 18.2 Å². The third-order valence-electron chi connectivity index (χ3n) is 1.94. The van der Waals surface area contributed by atoms with Gasteiger partial charge in [-0.15, -0.1) is 0 Å². The van der Waals surface area contributed by atoms with E-state index in [1.807, 2.05) is 27.7 Å². The lowest BCUT2D eigenvalue weighted by molar-refractivity contribution is 0.158. The first kappa shape index (κ1) is 13.1. The Kier molecular flexibility index (Phi) is 4.19. The van der Waals surface area contributed by atoms with Crippen molar-refractivity contribution >= 4 is 11.5 Å². The first-order chi connectivity index (χ1) is 8.00. The van der Waals surface area contributed by atoms with Crippen LogP contribution in [-0.4, -0.2) is 38.1 Å². The van der Waals surface area contributed by atoms with Crippen LogP contribution in [0.5, 0.6) is 0 Å². The van der Waals surface area contributed by atoms with Crippen molar-refractivity contribution in [2.45, 2.75) is 27.7 Å². The van der Waals surface area contributed by atoms with Crippen molar-refractivity contribution < 1.29 is 10.0 Å². The Morgan fingerprint density at radius 1 is 1.47 bits per heavy atom. The highest BCUT2D eigenvalue weighted by atomic mass is 16.6. The molecule has 0 fully saturated rings. The Morgan fingerprint density at radius 2 is 2.18 bits per heavy atom. The summed E-state index contributed by atoms with van der Waals surface area (Å²) in [5.74, 6) is 0.319. The first-order valence-electron chi connectivity index (χ1n) is 5.28. The van der Waals surface area contributed by atoms with Gasteiger partial charge in [-0.25, -0.2) is 4.98 Å². The van der Waals surface area contributed by atoms with E-state index in [1.54, 1.807) is 0 Å². The van der Waals surface area contributed by atoms with Gasteiger partial charge in [0, 0.05) is 5.41 Å². The lowest BCUT2D eigenvalue weighted by atomic mass is 9.89. The number of nitrogens with zero attached hydrogens (tertiary/aromatic N) is 5. The van der Waals surface area contributed by atoms with Crippen molar-refractivity contribution in [2.75, 3.05) is 6.61 Å². The van der Waals surface area contributed by atoms with Gasteiger partial charge in [-0.05, 0) is 6.92 Å². The van der Waals surface area contributed by atoms with Crippen LogP contribution in [0.25, 0.3) is 0 Å². The monoisotopic (exact) mass is 239 g/mol. The molecular weight excluding hydrogens is 222 g/mol. The highest BCUT2D eigenvalue weighted by Gasteiger charge is 2.27. The van der Waals surface area contributed by atoms with Gasteiger partial charge in [-0.1, -0.05) is 31.1 Å². The number of hydrogen-bond donors (Lipinski definition) is 1. The molecule has 0 aliphatic heterocycles. The zero-order valence-electron chi connectivity index (χ0n) is 10.5. The van der Waals surface area contributed by atoms with E-state index in [-0.39, 0.29) is 0 Å². The molecule has 1 heterocycles. The molecule has 17 heavy (non-hydrogen) atoms. The van der Waals surface area contributed by atoms with Crippen molar-refractivity contribution in [3.05, 3.63) is 12.7 Å². The summed E-state index contributed by atoms with van der Waals surface area (Å²) in [6.07, 6.45) is 2.84. The van der Waals surface area contributed by atoms with E-state index in [2.05, 4.69) is 20.4 Å². The van der Waals surface area contributed by atoms with E-state index in [9.17, 15) is 0 Å². The molecular formula is C10H17N5O2. The van der Waals surface area contributed by atoms with E-state index in [1.165, 1.54) is 17.3 Å². The van der Waals surface area contributed by atoms with Crippen LogP contribution in [0.15, 0.2) is 23.0 Å². The molecule has 7 heteroatoms. The van der Waals surface area contributed by atoms with Crippen LogP contribution in [0.3, 0.4) is 0 Å². The van der Waals surface area contributed by atoms with Gasteiger partial charge in [0.05, 0.1) is 0 Å². The Balaban J connectivity index is 3.16. The number of hydrogen-bond acceptors (Lipinski definition) is 6. The second kappa shape index (κ2) is 5.42. The largest absolute Gasteiger partial charge is 0.411 e. The molecule has 0 radical (unpaired) electrons. The summed E-state index contributed by atoms with van der Waals surface area (Å²) in [5, 5.41) is 20.3. The summed E-state index contributed by atoms with van der Waals surface area (Å²) in [6, 6.07) is 0. The van der Waals surface area contributed by atoms with Crippen molar-refractivity contribution in [1.82, 2.24) is 14.8 Å². The van der Waals surface area contributed by atoms with Gasteiger partial charge in [0.2, 0.25) is 5.84 Å². The van der Waals surface area contributed by atoms with Crippen LogP contribution in [0, 0.1) is 5.41 Å². The molecule has 1 N–H and O–H groups in total. The minimum absolute atomic E-state index is 0.319. The van der Waals surface area contributed by atoms with E-state index >= 15 is 0 Å². The molecule has 0 amide bonds. The third-order valence-corrected chi connectivity index (χ3v) is 1.94. The second-order valence-corrected chi connectivity index (χ2v) is 4.37. The molecule has 0 saturated carbocycles. The summed E-state index contributed by atoms with van der Waals surface area (Å²) in [6.45, 7) is 7.94. The fraction of sp³-hybridized carbons (Fsp3) is 0.600. The average Bonchev–Trinajstić information content (AvgIpc) is 2.75. The molecule has 0 aliphatic rings. The SMILES string of the molecule is CCON=C(C(=NO)C(C)(C)C)n1cncn1. The summed E-state index contributed by atoms with van der Waals surface area (Å²) in [5.41, 5.74) is -0.0205. The topological polar surface area (TPSA) is 84.9 Å². The first-order valence-corrected chi connectivity index (χ1v) is 5.28. The molecule has 0 atom stereocenters. The molecule has 0 spiro atoms. The lowest BCUT2D eigenvalue weighted by Crippen LogP contribution is -2.34. The van der Waals surface area contributed by atoms with E-state index in [0.717, 1.165) is 0 Å². The second-order valence-electron chi connectivity index (χ2n) is 4.37. The maximum absolute atomic E-state index is 9.12. The molecule has 0 aliphatic carbocycles. The molecule has 0 aromatic carbocycles. The summed E-state index contributed by atoms with van der Waals surface area (Å²) >= 11 is 0. The van der Waals surface area contributed by atoms with Crippen LogP contribution < -0.4 is 0 Å². The minimum atomic E-state index is -0.392. The molecule has 0 bridgehead atoms. The fourth-order valence-electron chi connectivity index (χ4n) is 1.17. The van der Waals surface area contributed by atoms with Crippen LogP contribution in [0.4, 0.5) is 0 Å². The van der Waals surface area contributed by atoms with E-state index < -0.39 is 5.41 Å². The molecule has 7 nitrogen and oxygen atoms in total. The predicted octanol–water partition coefficient (Wildman–Crippen LogP) is 1.35. The maximum atomic E-state index is 9.12. The van der Waals surface area contributed by atoms with Gasteiger partial charge < -0.3 is 10.0 Å². The van der Waals surface area contributed by atoms with Crippen LogP contribution >= 0.6 is 0 Å². The molecule has 1 aromatic rings. The van der Waals surface area contributed by atoms with Gasteiger partial charge in [0.15, 0.2) is 0 Å². The van der Waals surface area contributed by atoms with Crippen LogP contribution in [0.1, 0.15) is 27.7 Å². The Bertz CT molecular complexity index is 403. The fourth-order valence-corrected chi connectivity index (χ4v) is 1.17. The minimum Gasteiger partial charge on any atom is -0.411 e. The zero-order valence-corrected chi connectivity index (χ0v) is 10.5. The Hall–Kier alpha value is -1.92. The van der Waals surface area contributed by atoms with Crippen LogP contribution in [-0.2, 0) is 4.84 Å². The normalized spacial score (nSPS) is 13.9. The van der Waals surface area contributed by atoms with Crippen molar-refractivity contribution in [2.24, 2.45) is 15.7 Å². The molecule has 1 rings (SSSR count). The standard InChI is InChI=1S/C10H17N5O2/c1-5-17-14-9(15-7-11-6-12-15)8(13-16)10(2,3)4/h6-7,16H,5H2,1-4H3. The van der Waals surface area contributed by atoms with Gasteiger partial charge in [-0.2, -0.15) is 9.78 Å². The molecule has 0 unspecified atom stereocenters. The maximum Gasteiger partial charge on any atom is 0.219 e. The van der Waals surface area contributed by atoms with E-state index in [4.69, 9.17) is 10.0 Å². The predicted molar refractivity (Wildman–Crippen MR) is 63.2 cm³/mol. The van der Waals surface area contributed by atoms with Crippen LogP contribution in [0.2, 0.25) is 0 Å². The van der Waals surface area contributed by atoms with Crippen molar-refractivity contribution in [3.8, 4) is 0 Å². The van der Waals surface area contributed by atoms with Gasteiger partial charge >= 0.3 is 0 Å². The Labute approximate surface area is 99.8 Å². The molecule has 0 saturated heterocycles. The number of oxime groups is 2. The summed E-state index contributed by atoms with van der Waals surface area (Å²) in [7, 11) is 0. The van der Waals surface area contributed by atoms with Gasteiger partial charge in [-0.3, -0.25) is 0 Å². The number of rotatable bonds is 3. The average molecular weight is 239 g/mol. The van der Waals surface area contributed by atoms with Gasteiger partial charge in [0.25, 0.3) is 0 Å². The molecule has 94 valence electrons. The summed E-state index contributed by atoms with van der Waals surface area (Å²) < 4.78 is 1.40. The van der Waals surface area contributed by atoms with Crippen molar-refractivity contribution in [1.29, 1.82) is 0 Å². The molecule has 1 aromatic heterocycles. The smallest absolute Gasteiger partial charge is 0.219 e. The van der Waals surface area contributed by atoms with Gasteiger partial charge in [0.1, 0.15) is 25.0 Å². The zero-order chi connectivity index (χ0) is 12.9.